The molecule has 0 radical (unpaired) electrons. The van der Waals surface area contributed by atoms with Gasteiger partial charge in [0.15, 0.2) is 0 Å². The van der Waals surface area contributed by atoms with Crippen LogP contribution in [0.25, 0.3) is 0 Å². The average Bonchev–Trinajstić information content (AvgIpc) is 2.94. The predicted octanol–water partition coefficient (Wildman–Crippen LogP) is 1.24. The van der Waals surface area contributed by atoms with Gasteiger partial charge in [0.1, 0.15) is 6.04 Å². The normalized spacial score (nSPS) is 11.7. The van der Waals surface area contributed by atoms with Crippen molar-refractivity contribution in [3.8, 4) is 0 Å². The van der Waals surface area contributed by atoms with Gasteiger partial charge in [-0.15, -0.1) is 11.3 Å². The van der Waals surface area contributed by atoms with E-state index in [1.165, 1.54) is 11.3 Å². The summed E-state index contributed by atoms with van der Waals surface area (Å²) in [6, 6.07) is 2.68. The van der Waals surface area contributed by atoms with Crippen molar-refractivity contribution in [3.05, 3.63) is 22.4 Å². The minimum Gasteiger partial charge on any atom is -0.480 e. The molecule has 0 aromatic carbocycles. The Morgan fingerprint density at radius 3 is 2.70 bits per heavy atom. The molecular weight excluding hydrogens is 280 g/mol. The molecule has 1 aromatic heterocycles. The monoisotopic (exact) mass is 298 g/mol. The zero-order valence-corrected chi connectivity index (χ0v) is 12.0. The minimum atomic E-state index is -1.04. The van der Waals surface area contributed by atoms with E-state index in [9.17, 15) is 14.4 Å². The third-order valence-electron chi connectivity index (χ3n) is 2.65. The van der Waals surface area contributed by atoms with Crippen molar-refractivity contribution >= 4 is 29.1 Å². The van der Waals surface area contributed by atoms with Crippen LogP contribution in [0.15, 0.2) is 17.5 Å². The number of carbonyl (C=O) groups is 3. The van der Waals surface area contributed by atoms with E-state index in [2.05, 4.69) is 10.6 Å². The van der Waals surface area contributed by atoms with Crippen molar-refractivity contribution in [2.75, 3.05) is 6.54 Å². The van der Waals surface area contributed by atoms with Crippen molar-refractivity contribution in [3.63, 3.8) is 0 Å². The van der Waals surface area contributed by atoms with Crippen LogP contribution in [0.1, 0.15) is 35.9 Å². The number of hydrogen-bond acceptors (Lipinski definition) is 4. The van der Waals surface area contributed by atoms with Gasteiger partial charge in [-0.1, -0.05) is 13.0 Å². The van der Waals surface area contributed by atoms with E-state index < -0.39 is 12.0 Å². The molecule has 1 rings (SSSR count). The van der Waals surface area contributed by atoms with Gasteiger partial charge in [0.2, 0.25) is 5.91 Å². The Balaban J connectivity index is 2.19. The second-order valence-corrected chi connectivity index (χ2v) is 5.15. The zero-order valence-electron chi connectivity index (χ0n) is 11.2. The molecule has 0 aliphatic heterocycles. The third kappa shape index (κ3) is 5.40. The summed E-state index contributed by atoms with van der Waals surface area (Å²) in [4.78, 5) is 34.5. The quantitative estimate of drug-likeness (QED) is 0.629. The first kappa shape index (κ1) is 16.2. The largest absolute Gasteiger partial charge is 0.480 e. The average molecular weight is 298 g/mol. The number of nitrogens with one attached hydrogen (secondary N) is 2. The topological polar surface area (TPSA) is 95.5 Å². The second kappa shape index (κ2) is 8.31. The van der Waals surface area contributed by atoms with Gasteiger partial charge in [0.05, 0.1) is 4.88 Å². The molecule has 0 bridgehead atoms. The van der Waals surface area contributed by atoms with E-state index in [0.717, 1.165) is 0 Å². The second-order valence-electron chi connectivity index (χ2n) is 4.20. The van der Waals surface area contributed by atoms with Crippen molar-refractivity contribution < 1.29 is 19.5 Å². The van der Waals surface area contributed by atoms with Gasteiger partial charge < -0.3 is 15.7 Å². The lowest BCUT2D eigenvalue weighted by Gasteiger charge is -2.12. The molecule has 3 N–H and O–H groups in total. The molecule has 0 saturated heterocycles. The molecule has 0 saturated carbocycles. The molecule has 1 heterocycles. The van der Waals surface area contributed by atoms with Crippen LogP contribution in [0.2, 0.25) is 0 Å². The fraction of sp³-hybridized carbons (Fsp3) is 0.462. The van der Waals surface area contributed by atoms with Crippen LogP contribution in [-0.4, -0.2) is 35.5 Å². The Kier molecular flexibility index (Phi) is 6.72. The number of thiophene rings is 1. The van der Waals surface area contributed by atoms with Gasteiger partial charge in [0, 0.05) is 13.0 Å². The lowest BCUT2D eigenvalue weighted by molar-refractivity contribution is -0.141. The highest BCUT2D eigenvalue weighted by molar-refractivity contribution is 7.12. The number of aliphatic carboxylic acids is 1. The maximum absolute atomic E-state index is 11.6. The molecule has 20 heavy (non-hydrogen) atoms. The van der Waals surface area contributed by atoms with Crippen LogP contribution in [0.4, 0.5) is 0 Å². The Morgan fingerprint density at radius 2 is 2.15 bits per heavy atom. The third-order valence-corrected chi connectivity index (χ3v) is 3.52. The predicted molar refractivity (Wildman–Crippen MR) is 75.7 cm³/mol. The fourth-order valence-electron chi connectivity index (χ4n) is 1.55. The lowest BCUT2D eigenvalue weighted by atomic mass is 10.2. The Labute approximate surface area is 121 Å². The van der Waals surface area contributed by atoms with Crippen LogP contribution in [0.5, 0.6) is 0 Å². The molecule has 1 aromatic rings. The van der Waals surface area contributed by atoms with E-state index in [4.69, 9.17) is 5.11 Å². The van der Waals surface area contributed by atoms with E-state index in [0.29, 0.717) is 24.3 Å². The number of carboxylic acid groups (broad SMARTS) is 1. The van der Waals surface area contributed by atoms with E-state index in [-0.39, 0.29) is 18.2 Å². The summed E-state index contributed by atoms with van der Waals surface area (Å²) in [5.74, 6) is -1.51. The van der Waals surface area contributed by atoms with Gasteiger partial charge in [-0.05, 0) is 24.3 Å². The summed E-state index contributed by atoms with van der Waals surface area (Å²) in [7, 11) is 0. The Hall–Kier alpha value is -1.89. The van der Waals surface area contributed by atoms with Gasteiger partial charge in [0.25, 0.3) is 5.91 Å². The number of amides is 2. The first-order chi connectivity index (χ1) is 9.54. The van der Waals surface area contributed by atoms with Crippen LogP contribution in [0, 0.1) is 0 Å². The zero-order chi connectivity index (χ0) is 15.0. The van der Waals surface area contributed by atoms with Gasteiger partial charge >= 0.3 is 5.97 Å². The summed E-state index contributed by atoms with van der Waals surface area (Å²) in [5, 5.41) is 15.8. The molecule has 0 unspecified atom stereocenters. The van der Waals surface area contributed by atoms with Gasteiger partial charge in [-0.3, -0.25) is 9.59 Å². The molecule has 0 spiro atoms. The first-order valence-corrected chi connectivity index (χ1v) is 7.26. The molecular formula is C13H18N2O4S. The maximum Gasteiger partial charge on any atom is 0.326 e. The number of rotatable bonds is 8. The highest BCUT2D eigenvalue weighted by Gasteiger charge is 2.17. The van der Waals surface area contributed by atoms with E-state index >= 15 is 0 Å². The molecule has 1 atom stereocenters. The maximum atomic E-state index is 11.6. The minimum absolute atomic E-state index is 0.155. The van der Waals surface area contributed by atoms with Crippen LogP contribution in [0.3, 0.4) is 0 Å². The first-order valence-electron chi connectivity index (χ1n) is 6.38. The van der Waals surface area contributed by atoms with Crippen LogP contribution in [-0.2, 0) is 9.59 Å². The van der Waals surface area contributed by atoms with Gasteiger partial charge in [-0.2, -0.15) is 0 Å². The molecule has 110 valence electrons. The number of hydrogen-bond donors (Lipinski definition) is 3. The van der Waals surface area contributed by atoms with Crippen LogP contribution < -0.4 is 10.6 Å². The summed E-state index contributed by atoms with van der Waals surface area (Å²) in [6.45, 7) is 2.08. The van der Waals surface area contributed by atoms with E-state index in [1.807, 2.05) is 5.38 Å². The smallest absolute Gasteiger partial charge is 0.326 e. The molecule has 0 aliphatic rings. The van der Waals surface area contributed by atoms with Crippen molar-refractivity contribution in [1.29, 1.82) is 0 Å². The Morgan fingerprint density at radius 1 is 1.40 bits per heavy atom. The number of carbonyl (C=O) groups excluding carboxylic acids is 2. The fourth-order valence-corrected chi connectivity index (χ4v) is 2.19. The summed E-state index contributed by atoms with van der Waals surface area (Å²) < 4.78 is 0. The lowest BCUT2D eigenvalue weighted by Crippen LogP contribution is -2.40. The van der Waals surface area contributed by atoms with Crippen LogP contribution >= 0.6 is 11.3 Å². The van der Waals surface area contributed by atoms with E-state index in [1.54, 1.807) is 19.1 Å². The SMILES string of the molecule is CC[C@@H](NC(=O)CCCNC(=O)c1cccs1)C(=O)O. The highest BCUT2D eigenvalue weighted by atomic mass is 32.1. The molecule has 0 fully saturated rings. The Bertz CT molecular complexity index is 459. The summed E-state index contributed by atoms with van der Waals surface area (Å²) >= 11 is 1.35. The van der Waals surface area contributed by atoms with Gasteiger partial charge in [-0.25, -0.2) is 4.79 Å². The van der Waals surface area contributed by atoms with Crippen molar-refractivity contribution in [1.82, 2.24) is 10.6 Å². The highest BCUT2D eigenvalue weighted by Crippen LogP contribution is 2.07. The van der Waals surface area contributed by atoms with Crippen molar-refractivity contribution in [2.45, 2.75) is 32.2 Å². The molecule has 6 nitrogen and oxygen atoms in total. The standard InChI is InChI=1S/C13H18N2O4S/c1-2-9(13(18)19)15-11(16)6-3-7-14-12(17)10-5-4-8-20-10/h4-5,8-9H,2-3,6-7H2,1H3,(H,14,17)(H,15,16)(H,18,19)/t9-/m1/s1. The summed E-state index contributed by atoms with van der Waals surface area (Å²) in [5.41, 5.74) is 0. The summed E-state index contributed by atoms with van der Waals surface area (Å²) in [6.07, 6.45) is 1.00. The molecule has 2 amide bonds. The molecule has 0 aliphatic carbocycles. The number of carboxylic acids is 1. The molecule has 7 heteroatoms. The van der Waals surface area contributed by atoms with Crippen molar-refractivity contribution in [2.24, 2.45) is 0 Å².